The van der Waals surface area contributed by atoms with Crippen LogP contribution in [-0.2, 0) is 14.6 Å². The van der Waals surface area contributed by atoms with Crippen molar-refractivity contribution in [1.82, 2.24) is 0 Å². The molecule has 31 heavy (non-hydrogen) atoms. The van der Waals surface area contributed by atoms with Crippen molar-refractivity contribution in [2.45, 2.75) is 110 Å². The Morgan fingerprint density at radius 1 is 0.742 bits per heavy atom. The first-order chi connectivity index (χ1) is 14.8. The summed E-state index contributed by atoms with van der Waals surface area (Å²) in [6, 6.07) is 0. The lowest BCUT2D eigenvalue weighted by Crippen LogP contribution is -2.50. The second-order valence-electron chi connectivity index (χ2n) is 9.30. The van der Waals surface area contributed by atoms with Gasteiger partial charge in [0.1, 0.15) is 0 Å². The van der Waals surface area contributed by atoms with E-state index < -0.39 is 10.4 Å². The average Bonchev–Trinajstić information content (AvgIpc) is 2.74. The van der Waals surface area contributed by atoms with Crippen LogP contribution in [0.3, 0.4) is 0 Å². The van der Waals surface area contributed by atoms with Crippen molar-refractivity contribution in [3.8, 4) is 0 Å². The molecule has 0 spiro atoms. The lowest BCUT2D eigenvalue weighted by Gasteiger charge is -2.37. The number of hydrogen-bond donors (Lipinski definition) is 1. The molecule has 7 heteroatoms. The van der Waals surface area contributed by atoms with E-state index in [4.69, 9.17) is 4.55 Å². The molecule has 0 amide bonds. The molecule has 0 aromatic heterocycles. The van der Waals surface area contributed by atoms with E-state index in [1.807, 2.05) is 0 Å². The van der Waals surface area contributed by atoms with Crippen LogP contribution in [-0.4, -0.2) is 62.8 Å². The van der Waals surface area contributed by atoms with Crippen molar-refractivity contribution in [1.29, 1.82) is 0 Å². The van der Waals surface area contributed by atoms with E-state index in [2.05, 4.69) is 29.9 Å². The highest BCUT2D eigenvalue weighted by Crippen LogP contribution is 2.18. The molecule has 0 atom stereocenters. The van der Waals surface area contributed by atoms with Crippen molar-refractivity contribution in [2.75, 3.05) is 45.3 Å². The van der Waals surface area contributed by atoms with E-state index in [1.165, 1.54) is 138 Å². The van der Waals surface area contributed by atoms with Crippen LogP contribution in [0.25, 0.3) is 0 Å². The first-order valence-corrected chi connectivity index (χ1v) is 15.3. The summed E-state index contributed by atoms with van der Waals surface area (Å²) in [7, 11) is -0.815. The number of rotatable bonds is 18. The number of thioether (sulfide) groups is 1. The predicted molar refractivity (Wildman–Crippen MR) is 136 cm³/mol. The minimum Gasteiger partial charge on any atom is -0.325 e. The molecule has 1 N–H and O–H groups in total. The van der Waals surface area contributed by atoms with Crippen LogP contribution in [0.4, 0.5) is 0 Å². The Morgan fingerprint density at radius 3 is 1.39 bits per heavy atom. The molecule has 0 aromatic carbocycles. The Bertz CT molecular complexity index is 480. The Kier molecular flexibility index (Phi) is 20.9. The Balaban J connectivity index is 0.00000131. The van der Waals surface area contributed by atoms with Crippen molar-refractivity contribution >= 4 is 22.2 Å². The van der Waals surface area contributed by atoms with Gasteiger partial charge in [-0.2, -0.15) is 20.2 Å². The van der Waals surface area contributed by atoms with E-state index >= 15 is 0 Å². The molecule has 1 saturated heterocycles. The van der Waals surface area contributed by atoms with Gasteiger partial charge in [-0.05, 0) is 12.8 Å². The third kappa shape index (κ3) is 23.1. The summed E-state index contributed by atoms with van der Waals surface area (Å²) in [5, 5.41) is 0. The molecule has 0 saturated carbocycles. The van der Waals surface area contributed by atoms with Crippen LogP contribution >= 0.6 is 11.8 Å². The molecule has 1 aliphatic rings. The second kappa shape index (κ2) is 20.8. The highest BCUT2D eigenvalue weighted by Gasteiger charge is 2.23. The summed E-state index contributed by atoms with van der Waals surface area (Å²) in [6.07, 6.45) is 23.5. The van der Waals surface area contributed by atoms with Gasteiger partial charge in [0.25, 0.3) is 0 Å². The van der Waals surface area contributed by atoms with Crippen LogP contribution in [0.2, 0.25) is 0 Å². The summed E-state index contributed by atoms with van der Waals surface area (Å²) in [5.41, 5.74) is 0. The van der Waals surface area contributed by atoms with Gasteiger partial charge in [-0.1, -0.05) is 96.8 Å². The van der Waals surface area contributed by atoms with Crippen molar-refractivity contribution in [2.24, 2.45) is 0 Å². The fourth-order valence-corrected chi connectivity index (χ4v) is 5.39. The zero-order valence-electron chi connectivity index (χ0n) is 20.8. The SMILES string of the molecule is CCCCCCCCCCCCCCCCCC[N+]1(C)CCSCC1.COS(=O)(=O)O. The zero-order valence-corrected chi connectivity index (χ0v) is 22.4. The maximum atomic E-state index is 9.33. The normalized spacial score (nSPS) is 16.0. The molecule has 1 fully saturated rings. The number of quaternary nitrogens is 1. The zero-order chi connectivity index (χ0) is 23.3. The smallest absolute Gasteiger partial charge is 0.325 e. The molecule has 0 radical (unpaired) electrons. The predicted octanol–water partition coefficient (Wildman–Crippen LogP) is 6.88. The first-order valence-electron chi connectivity index (χ1n) is 12.8. The van der Waals surface area contributed by atoms with Crippen LogP contribution in [0.1, 0.15) is 110 Å². The van der Waals surface area contributed by atoms with Gasteiger partial charge in [0.15, 0.2) is 0 Å². The van der Waals surface area contributed by atoms with Gasteiger partial charge >= 0.3 is 10.4 Å². The molecule has 0 bridgehead atoms. The van der Waals surface area contributed by atoms with Crippen molar-refractivity contribution < 1.29 is 21.6 Å². The lowest BCUT2D eigenvalue weighted by atomic mass is 10.0. The van der Waals surface area contributed by atoms with Crippen molar-refractivity contribution in [3.63, 3.8) is 0 Å². The molecule has 0 aromatic rings. The topological polar surface area (TPSA) is 63.6 Å². The third-order valence-electron chi connectivity index (χ3n) is 6.31. The summed E-state index contributed by atoms with van der Waals surface area (Å²) in [4.78, 5) is 0. The average molecular weight is 483 g/mol. The number of nitrogens with zero attached hydrogens (tertiary/aromatic N) is 1. The molecule has 1 rings (SSSR count). The Hall–Kier alpha value is 0.180. The molecule has 1 heterocycles. The summed E-state index contributed by atoms with van der Waals surface area (Å²) < 4.78 is 31.1. The molecular weight excluding hydrogens is 430 g/mol. The molecular formula is C24H52NO4S2+. The fraction of sp³-hybridized carbons (Fsp3) is 1.00. The molecule has 0 unspecified atom stereocenters. The van der Waals surface area contributed by atoms with Crippen molar-refractivity contribution in [3.05, 3.63) is 0 Å². The fourth-order valence-electron chi connectivity index (χ4n) is 4.05. The highest BCUT2D eigenvalue weighted by molar-refractivity contribution is 7.99. The van der Waals surface area contributed by atoms with Crippen LogP contribution in [0.5, 0.6) is 0 Å². The molecule has 1 aliphatic heterocycles. The molecule has 5 nitrogen and oxygen atoms in total. The Morgan fingerprint density at radius 2 is 1.06 bits per heavy atom. The van der Waals surface area contributed by atoms with Crippen LogP contribution < -0.4 is 0 Å². The molecule has 0 aliphatic carbocycles. The Labute approximate surface area is 198 Å². The number of hydrogen-bond acceptors (Lipinski definition) is 4. The van der Waals surface area contributed by atoms with Gasteiger partial charge in [-0.25, -0.2) is 0 Å². The van der Waals surface area contributed by atoms with Gasteiger partial charge in [0, 0.05) is 11.5 Å². The van der Waals surface area contributed by atoms with E-state index in [0.717, 1.165) is 7.11 Å². The maximum Gasteiger partial charge on any atom is 0.397 e. The van der Waals surface area contributed by atoms with E-state index in [1.54, 1.807) is 0 Å². The minimum absolute atomic E-state index is 0.870. The summed E-state index contributed by atoms with van der Waals surface area (Å²) >= 11 is 2.15. The second-order valence-corrected chi connectivity index (χ2v) is 11.7. The van der Waals surface area contributed by atoms with Gasteiger partial charge in [-0.15, -0.1) is 0 Å². The van der Waals surface area contributed by atoms with Crippen LogP contribution in [0.15, 0.2) is 0 Å². The van der Waals surface area contributed by atoms with Crippen LogP contribution in [0, 0.1) is 0 Å². The summed E-state index contributed by atoms with van der Waals surface area (Å²) in [5.74, 6) is 2.77. The minimum atomic E-state index is -4.16. The monoisotopic (exact) mass is 482 g/mol. The first kappa shape index (κ1) is 31.2. The van der Waals surface area contributed by atoms with Gasteiger partial charge in [0.2, 0.25) is 0 Å². The standard InChI is InChI=1S/C23H48NS.CH4O4S/c1-3-4-5-6-7-8-9-10-11-12-13-14-15-16-17-18-19-24(2)20-22-25-23-21-24;1-5-6(2,3)4/h3-23H2,1-2H3;1H3,(H,2,3,4)/q+1;. The number of unbranched alkanes of at least 4 members (excludes halogenated alkanes) is 15. The van der Waals surface area contributed by atoms with E-state index in [0.29, 0.717) is 0 Å². The third-order valence-corrected chi connectivity index (χ3v) is 7.68. The van der Waals surface area contributed by atoms with Gasteiger partial charge < -0.3 is 4.48 Å². The van der Waals surface area contributed by atoms with E-state index in [9.17, 15) is 8.42 Å². The lowest BCUT2D eigenvalue weighted by molar-refractivity contribution is -0.906. The summed E-state index contributed by atoms with van der Waals surface area (Å²) in [6.45, 7) is 6.54. The largest absolute Gasteiger partial charge is 0.397 e. The van der Waals surface area contributed by atoms with Gasteiger partial charge in [-0.3, -0.25) is 8.74 Å². The maximum absolute atomic E-state index is 9.33. The quantitative estimate of drug-likeness (QED) is 0.131. The van der Waals surface area contributed by atoms with E-state index in [-0.39, 0.29) is 0 Å². The van der Waals surface area contributed by atoms with Gasteiger partial charge in [0.05, 0.1) is 33.8 Å². The highest BCUT2D eigenvalue weighted by atomic mass is 32.3. The molecule has 188 valence electrons.